The lowest BCUT2D eigenvalue weighted by Crippen LogP contribution is -2.30. The molecule has 0 radical (unpaired) electrons. The molecule has 2 aromatic rings. The number of carbonyl (C=O) groups is 1. The quantitative estimate of drug-likeness (QED) is 0.175. The number of hydrogen-bond acceptors (Lipinski definition) is 3. The molecule has 0 aromatic heterocycles. The van der Waals surface area contributed by atoms with Crippen molar-refractivity contribution in [2.24, 2.45) is 11.3 Å². The van der Waals surface area contributed by atoms with Crippen LogP contribution in [0, 0.1) is 11.3 Å². The van der Waals surface area contributed by atoms with E-state index in [1.807, 2.05) is 6.92 Å². The summed E-state index contributed by atoms with van der Waals surface area (Å²) < 4.78 is 5.34. The molecule has 3 nitrogen and oxygen atoms in total. The van der Waals surface area contributed by atoms with Crippen LogP contribution in [0.25, 0.3) is 11.1 Å². The third-order valence-electron chi connectivity index (χ3n) is 8.02. The van der Waals surface area contributed by atoms with Crippen molar-refractivity contribution in [1.29, 1.82) is 0 Å². The minimum atomic E-state index is -0.383. The van der Waals surface area contributed by atoms with Gasteiger partial charge in [0, 0.05) is 11.0 Å². The van der Waals surface area contributed by atoms with Crippen LogP contribution in [0.1, 0.15) is 95.6 Å². The van der Waals surface area contributed by atoms with E-state index >= 15 is 0 Å². The van der Waals surface area contributed by atoms with Crippen molar-refractivity contribution in [3.05, 3.63) is 71.8 Å². The van der Waals surface area contributed by atoms with Crippen LogP contribution in [-0.2, 0) is 16.0 Å². The van der Waals surface area contributed by atoms with Crippen LogP contribution in [0.15, 0.2) is 60.7 Å². The van der Waals surface area contributed by atoms with E-state index in [0.29, 0.717) is 17.4 Å². The van der Waals surface area contributed by atoms with E-state index < -0.39 is 0 Å². The average molecular weight is 491 g/mol. The Morgan fingerprint density at radius 2 is 1.61 bits per heavy atom. The first-order valence-corrected chi connectivity index (χ1v) is 14.0. The molecule has 2 aromatic carbocycles. The molecule has 36 heavy (non-hydrogen) atoms. The number of carbonyl (C=O) groups excluding carboxylic acids is 1. The van der Waals surface area contributed by atoms with Gasteiger partial charge in [0.1, 0.15) is 0 Å². The Morgan fingerprint density at radius 3 is 2.17 bits per heavy atom. The van der Waals surface area contributed by atoms with E-state index in [1.165, 1.54) is 73.6 Å². The van der Waals surface area contributed by atoms with Crippen LogP contribution in [-0.4, -0.2) is 24.3 Å². The van der Waals surface area contributed by atoms with Gasteiger partial charge in [-0.15, -0.1) is 0 Å². The Kier molecular flexibility index (Phi) is 10.8. The molecular weight excluding hydrogens is 444 g/mol. The number of hydrogen-bond donors (Lipinski definition) is 1. The predicted octanol–water partition coefficient (Wildman–Crippen LogP) is 8.26. The largest absolute Gasteiger partial charge is 0.462 e. The summed E-state index contributed by atoms with van der Waals surface area (Å²) in [7, 11) is 0. The fourth-order valence-electron chi connectivity index (χ4n) is 5.29. The molecule has 1 unspecified atom stereocenters. The minimum Gasteiger partial charge on any atom is -0.462 e. The lowest BCUT2D eigenvalue weighted by molar-refractivity contribution is -0.143. The Labute approximate surface area is 219 Å². The number of unbranched alkanes of at least 4 members (excludes halogenated alkanes) is 2. The van der Waals surface area contributed by atoms with E-state index in [1.54, 1.807) is 6.92 Å². The number of aliphatic hydroxyl groups is 1. The van der Waals surface area contributed by atoms with Crippen LogP contribution in [0.3, 0.4) is 0 Å². The highest BCUT2D eigenvalue weighted by Crippen LogP contribution is 2.39. The van der Waals surface area contributed by atoms with E-state index in [2.05, 4.69) is 62.0 Å². The van der Waals surface area contributed by atoms with Gasteiger partial charge in [-0.2, -0.15) is 0 Å². The van der Waals surface area contributed by atoms with Gasteiger partial charge in [0.15, 0.2) is 0 Å². The zero-order valence-corrected chi connectivity index (χ0v) is 22.7. The molecule has 1 N–H and O–H groups in total. The predicted molar refractivity (Wildman–Crippen MR) is 150 cm³/mol. The van der Waals surface area contributed by atoms with Gasteiger partial charge in [-0.3, -0.25) is 0 Å². The van der Waals surface area contributed by atoms with Crippen molar-refractivity contribution in [2.75, 3.05) is 13.2 Å². The molecule has 196 valence electrons. The van der Waals surface area contributed by atoms with E-state index in [0.717, 1.165) is 12.8 Å². The average Bonchev–Trinajstić information content (AvgIpc) is 2.91. The molecule has 0 spiro atoms. The topological polar surface area (TPSA) is 46.5 Å². The first kappa shape index (κ1) is 28.2. The number of benzene rings is 2. The summed E-state index contributed by atoms with van der Waals surface area (Å²) >= 11 is 0. The standard InChI is InChI=1S/C33H46O3/c1-5-6-7-8-26-9-13-28(14-10-26)30-17-19-31(20-18-30)29-15-11-27(12-16-29)21-22-33(4,23-34)24-36-32(35)25(2)3/h9-10,13-14,17-20,27,29,34H,2,5-8,11-12,15-16,21-24H2,1,3-4H3. The summed E-state index contributed by atoms with van der Waals surface area (Å²) in [5.41, 5.74) is 5.50. The molecular formula is C33H46O3. The van der Waals surface area contributed by atoms with Crippen molar-refractivity contribution >= 4 is 5.97 Å². The van der Waals surface area contributed by atoms with Crippen LogP contribution < -0.4 is 0 Å². The second-order valence-electron chi connectivity index (χ2n) is 11.4. The van der Waals surface area contributed by atoms with Crippen molar-refractivity contribution in [3.8, 4) is 11.1 Å². The molecule has 1 aliphatic rings. The first-order valence-electron chi connectivity index (χ1n) is 14.0. The monoisotopic (exact) mass is 490 g/mol. The van der Waals surface area contributed by atoms with E-state index in [9.17, 15) is 9.90 Å². The van der Waals surface area contributed by atoms with Crippen LogP contribution >= 0.6 is 0 Å². The van der Waals surface area contributed by atoms with Gasteiger partial charge in [0.05, 0.1) is 13.2 Å². The number of esters is 1. The van der Waals surface area contributed by atoms with Gasteiger partial charge < -0.3 is 9.84 Å². The van der Waals surface area contributed by atoms with E-state index in [-0.39, 0.29) is 24.6 Å². The normalized spacial score (nSPS) is 19.4. The van der Waals surface area contributed by atoms with Gasteiger partial charge in [0.2, 0.25) is 0 Å². The Bertz CT molecular complexity index is 951. The maximum Gasteiger partial charge on any atom is 0.333 e. The van der Waals surface area contributed by atoms with Crippen LogP contribution in [0.5, 0.6) is 0 Å². The SMILES string of the molecule is C=C(C)C(=O)OCC(C)(CO)CCC1CCC(c2ccc(-c3ccc(CCCCC)cc3)cc2)CC1. The van der Waals surface area contributed by atoms with Crippen molar-refractivity contribution in [1.82, 2.24) is 0 Å². The molecule has 1 aliphatic carbocycles. The lowest BCUT2D eigenvalue weighted by atomic mass is 9.74. The molecule has 1 atom stereocenters. The molecule has 1 fully saturated rings. The Morgan fingerprint density at radius 1 is 1.00 bits per heavy atom. The highest BCUT2D eigenvalue weighted by Gasteiger charge is 2.29. The third-order valence-corrected chi connectivity index (χ3v) is 8.02. The molecule has 0 saturated heterocycles. The van der Waals surface area contributed by atoms with Gasteiger partial charge in [0.25, 0.3) is 0 Å². The second kappa shape index (κ2) is 13.8. The third kappa shape index (κ3) is 8.34. The number of rotatable bonds is 13. The highest BCUT2D eigenvalue weighted by molar-refractivity contribution is 5.86. The van der Waals surface area contributed by atoms with Gasteiger partial charge >= 0.3 is 5.97 Å². The van der Waals surface area contributed by atoms with Gasteiger partial charge in [-0.25, -0.2) is 4.79 Å². The summed E-state index contributed by atoms with van der Waals surface area (Å²) in [6, 6.07) is 18.3. The Hall–Kier alpha value is -2.39. The zero-order chi connectivity index (χ0) is 26.0. The maximum absolute atomic E-state index is 11.7. The number of ether oxygens (including phenoxy) is 1. The molecule has 3 rings (SSSR count). The smallest absolute Gasteiger partial charge is 0.333 e. The van der Waals surface area contributed by atoms with E-state index in [4.69, 9.17) is 4.74 Å². The molecule has 0 aliphatic heterocycles. The summed E-state index contributed by atoms with van der Waals surface area (Å²) in [5.74, 6) is 0.941. The van der Waals surface area contributed by atoms with Gasteiger partial charge in [-0.1, -0.05) is 81.8 Å². The molecule has 3 heteroatoms. The van der Waals surface area contributed by atoms with Crippen molar-refractivity contribution < 1.29 is 14.6 Å². The maximum atomic E-state index is 11.7. The summed E-state index contributed by atoms with van der Waals surface area (Å²) in [6.07, 6.45) is 11.8. The second-order valence-corrected chi connectivity index (χ2v) is 11.4. The summed E-state index contributed by atoms with van der Waals surface area (Å²) in [6.45, 7) is 9.81. The zero-order valence-electron chi connectivity index (χ0n) is 22.7. The van der Waals surface area contributed by atoms with Crippen molar-refractivity contribution in [3.63, 3.8) is 0 Å². The van der Waals surface area contributed by atoms with Crippen LogP contribution in [0.2, 0.25) is 0 Å². The minimum absolute atomic E-state index is 0.0275. The van der Waals surface area contributed by atoms with Gasteiger partial charge in [-0.05, 0) is 92.4 Å². The molecule has 0 heterocycles. The Balaban J connectivity index is 1.46. The number of aryl methyl sites for hydroxylation is 1. The molecule has 0 bridgehead atoms. The highest BCUT2D eigenvalue weighted by atomic mass is 16.5. The molecule has 0 amide bonds. The fraction of sp³-hybridized carbons (Fsp3) is 0.545. The summed E-state index contributed by atoms with van der Waals surface area (Å²) in [5, 5.41) is 9.91. The number of aliphatic hydroxyl groups excluding tert-OH is 1. The van der Waals surface area contributed by atoms with Crippen molar-refractivity contribution in [2.45, 2.75) is 90.9 Å². The van der Waals surface area contributed by atoms with Crippen LogP contribution in [0.4, 0.5) is 0 Å². The lowest BCUT2D eigenvalue weighted by Gasteiger charge is -2.32. The summed E-state index contributed by atoms with van der Waals surface area (Å²) in [4.78, 5) is 11.7. The fourth-order valence-corrected chi connectivity index (χ4v) is 5.29. The first-order chi connectivity index (χ1) is 17.3. The molecule has 1 saturated carbocycles.